The lowest BCUT2D eigenvalue weighted by molar-refractivity contribution is 0.247. The monoisotopic (exact) mass is 233 g/mol. The molecule has 0 bridgehead atoms. The largest absolute Gasteiger partial charge is 0.319 e. The van der Waals surface area contributed by atoms with Gasteiger partial charge in [-0.25, -0.2) is 8.42 Å². The van der Waals surface area contributed by atoms with Crippen LogP contribution in [0.3, 0.4) is 0 Å². The van der Waals surface area contributed by atoms with Crippen molar-refractivity contribution in [3.63, 3.8) is 0 Å². The molecule has 0 aromatic rings. The van der Waals surface area contributed by atoms with Gasteiger partial charge in [-0.2, -0.15) is 0 Å². The zero-order chi connectivity index (χ0) is 11.5. The van der Waals surface area contributed by atoms with Crippen molar-refractivity contribution in [2.24, 2.45) is 11.3 Å². The van der Waals surface area contributed by atoms with Gasteiger partial charge >= 0.3 is 0 Å². The fourth-order valence-corrected chi connectivity index (χ4v) is 4.80. The number of nitrogens with one attached hydrogen (secondary N) is 1. The smallest absolute Gasteiger partial charge is 0.150 e. The Kier molecular flexibility index (Phi) is 4.18. The molecule has 1 rings (SSSR count). The maximum atomic E-state index is 11.6. The van der Waals surface area contributed by atoms with Crippen molar-refractivity contribution in [1.29, 1.82) is 0 Å². The van der Waals surface area contributed by atoms with E-state index in [2.05, 4.69) is 19.2 Å². The summed E-state index contributed by atoms with van der Waals surface area (Å²) in [6.45, 7) is 5.21. The van der Waals surface area contributed by atoms with Crippen molar-refractivity contribution < 1.29 is 8.42 Å². The van der Waals surface area contributed by atoms with Crippen LogP contribution >= 0.6 is 0 Å². The Morgan fingerprint density at radius 3 is 2.53 bits per heavy atom. The van der Waals surface area contributed by atoms with Gasteiger partial charge in [0, 0.05) is 6.54 Å². The highest BCUT2D eigenvalue weighted by Crippen LogP contribution is 2.38. The van der Waals surface area contributed by atoms with Crippen LogP contribution in [0, 0.1) is 11.3 Å². The normalized spacial score (nSPS) is 31.7. The Labute approximate surface area is 93.6 Å². The van der Waals surface area contributed by atoms with Crippen molar-refractivity contribution in [3.05, 3.63) is 0 Å². The van der Waals surface area contributed by atoms with Crippen LogP contribution in [-0.2, 0) is 9.84 Å². The lowest BCUT2D eigenvalue weighted by atomic mass is 9.78. The number of hydrogen-bond donors (Lipinski definition) is 1. The fourth-order valence-electron chi connectivity index (χ4n) is 2.61. The Balaban J connectivity index is 2.73. The average Bonchev–Trinajstić information content (AvgIpc) is 2.42. The molecule has 1 N–H and O–H groups in total. The van der Waals surface area contributed by atoms with Gasteiger partial charge in [-0.15, -0.1) is 0 Å². The molecule has 0 aromatic heterocycles. The fraction of sp³-hybridized carbons (Fsp3) is 1.00. The summed E-state index contributed by atoms with van der Waals surface area (Å²) in [5, 5.41) is 3.15. The maximum Gasteiger partial charge on any atom is 0.150 e. The van der Waals surface area contributed by atoms with Crippen LogP contribution in [0.5, 0.6) is 0 Å². The van der Waals surface area contributed by atoms with Gasteiger partial charge in [-0.3, -0.25) is 0 Å². The van der Waals surface area contributed by atoms with Gasteiger partial charge < -0.3 is 5.32 Å². The van der Waals surface area contributed by atoms with Crippen molar-refractivity contribution >= 4 is 9.84 Å². The molecule has 15 heavy (non-hydrogen) atoms. The Morgan fingerprint density at radius 2 is 2.13 bits per heavy atom. The second kappa shape index (κ2) is 4.83. The Hall–Kier alpha value is -0.0900. The molecule has 0 aliphatic carbocycles. The SMILES string of the molecule is CCC(C)CC1(CNC)CCS(=O)(=O)C1. The first kappa shape index (κ1) is 13.0. The molecule has 1 saturated heterocycles. The van der Waals surface area contributed by atoms with Crippen molar-refractivity contribution in [2.45, 2.75) is 33.1 Å². The third kappa shape index (κ3) is 3.45. The van der Waals surface area contributed by atoms with Crippen LogP contribution in [0.1, 0.15) is 33.1 Å². The quantitative estimate of drug-likeness (QED) is 0.782. The summed E-state index contributed by atoms with van der Waals surface area (Å²) in [4.78, 5) is 0. The minimum atomic E-state index is -2.77. The lowest BCUT2D eigenvalue weighted by Gasteiger charge is -2.30. The number of sulfone groups is 1. The van der Waals surface area contributed by atoms with Crippen molar-refractivity contribution in [2.75, 3.05) is 25.1 Å². The molecular formula is C11H23NO2S. The highest BCUT2D eigenvalue weighted by atomic mass is 32.2. The summed E-state index contributed by atoms with van der Waals surface area (Å²) in [6.07, 6.45) is 3.00. The van der Waals surface area contributed by atoms with E-state index < -0.39 is 9.84 Å². The molecule has 1 aliphatic rings. The molecule has 0 radical (unpaired) electrons. The average molecular weight is 233 g/mol. The molecule has 2 unspecified atom stereocenters. The number of rotatable bonds is 5. The highest BCUT2D eigenvalue weighted by molar-refractivity contribution is 7.91. The molecule has 0 spiro atoms. The molecule has 2 atom stereocenters. The minimum Gasteiger partial charge on any atom is -0.319 e. The van der Waals surface area contributed by atoms with E-state index in [0.29, 0.717) is 17.4 Å². The Morgan fingerprint density at radius 1 is 1.47 bits per heavy atom. The maximum absolute atomic E-state index is 11.6. The van der Waals surface area contributed by atoms with E-state index in [0.717, 1.165) is 25.8 Å². The van der Waals surface area contributed by atoms with Crippen LogP contribution in [-0.4, -0.2) is 33.5 Å². The first-order chi connectivity index (χ1) is 6.93. The van der Waals surface area contributed by atoms with E-state index in [4.69, 9.17) is 0 Å². The second-order valence-corrected chi connectivity index (χ2v) is 7.27. The molecular weight excluding hydrogens is 210 g/mol. The van der Waals surface area contributed by atoms with Crippen LogP contribution in [0.15, 0.2) is 0 Å². The van der Waals surface area contributed by atoms with Crippen LogP contribution in [0.25, 0.3) is 0 Å². The molecule has 3 nitrogen and oxygen atoms in total. The predicted octanol–water partition coefficient (Wildman–Crippen LogP) is 1.45. The van der Waals surface area contributed by atoms with E-state index in [9.17, 15) is 8.42 Å². The van der Waals surface area contributed by atoms with Gasteiger partial charge in [0.1, 0.15) is 0 Å². The first-order valence-corrected chi connectivity index (χ1v) is 7.60. The molecule has 1 heterocycles. The van der Waals surface area contributed by atoms with E-state index in [1.165, 1.54) is 0 Å². The molecule has 0 amide bonds. The van der Waals surface area contributed by atoms with Crippen LogP contribution in [0.2, 0.25) is 0 Å². The van der Waals surface area contributed by atoms with Crippen LogP contribution in [0.4, 0.5) is 0 Å². The van der Waals surface area contributed by atoms with Gasteiger partial charge in [0.25, 0.3) is 0 Å². The lowest BCUT2D eigenvalue weighted by Crippen LogP contribution is -2.35. The van der Waals surface area contributed by atoms with Gasteiger partial charge in [-0.1, -0.05) is 20.3 Å². The second-order valence-electron chi connectivity index (χ2n) is 5.09. The van der Waals surface area contributed by atoms with E-state index in [1.54, 1.807) is 0 Å². The third-order valence-electron chi connectivity index (χ3n) is 3.50. The molecule has 0 aromatic carbocycles. The van der Waals surface area contributed by atoms with Crippen LogP contribution < -0.4 is 5.32 Å². The van der Waals surface area contributed by atoms with Gasteiger partial charge in [-0.05, 0) is 31.2 Å². The topological polar surface area (TPSA) is 46.2 Å². The van der Waals surface area contributed by atoms with E-state index in [1.807, 2.05) is 7.05 Å². The zero-order valence-electron chi connectivity index (χ0n) is 10.0. The molecule has 4 heteroatoms. The van der Waals surface area contributed by atoms with E-state index in [-0.39, 0.29) is 5.41 Å². The minimum absolute atomic E-state index is 0.00299. The standard InChI is InChI=1S/C11H23NO2S/c1-4-10(2)7-11(8-12-3)5-6-15(13,14)9-11/h10,12H,4-9H2,1-3H3. The molecule has 0 saturated carbocycles. The molecule has 1 fully saturated rings. The number of hydrogen-bond acceptors (Lipinski definition) is 3. The summed E-state index contributed by atoms with van der Waals surface area (Å²) in [6, 6.07) is 0. The highest BCUT2D eigenvalue weighted by Gasteiger charge is 2.42. The summed E-state index contributed by atoms with van der Waals surface area (Å²) in [7, 11) is -0.864. The summed E-state index contributed by atoms with van der Waals surface area (Å²) in [5.41, 5.74) is 0.00299. The zero-order valence-corrected chi connectivity index (χ0v) is 10.9. The first-order valence-electron chi connectivity index (χ1n) is 5.78. The van der Waals surface area contributed by atoms with E-state index >= 15 is 0 Å². The Bertz CT molecular complexity index is 300. The van der Waals surface area contributed by atoms with Gasteiger partial charge in [0.15, 0.2) is 9.84 Å². The van der Waals surface area contributed by atoms with Crippen molar-refractivity contribution in [3.8, 4) is 0 Å². The summed E-state index contributed by atoms with van der Waals surface area (Å²) < 4.78 is 23.1. The molecule has 90 valence electrons. The van der Waals surface area contributed by atoms with Crippen molar-refractivity contribution in [1.82, 2.24) is 5.32 Å². The summed E-state index contributed by atoms with van der Waals surface area (Å²) in [5.74, 6) is 1.38. The summed E-state index contributed by atoms with van der Waals surface area (Å²) >= 11 is 0. The third-order valence-corrected chi connectivity index (χ3v) is 5.38. The molecule has 1 aliphatic heterocycles. The predicted molar refractivity (Wildman–Crippen MR) is 63.7 cm³/mol. The van der Waals surface area contributed by atoms with Gasteiger partial charge in [0.05, 0.1) is 11.5 Å². The van der Waals surface area contributed by atoms with Gasteiger partial charge in [0.2, 0.25) is 0 Å².